The molecule has 0 aromatic carbocycles. The van der Waals surface area contributed by atoms with Gasteiger partial charge < -0.3 is 15.2 Å². The van der Waals surface area contributed by atoms with E-state index in [1.165, 1.54) is 21.0 Å². The maximum absolute atomic E-state index is 11.3. The minimum absolute atomic E-state index is 0.110. The van der Waals surface area contributed by atoms with Gasteiger partial charge in [0.1, 0.15) is 11.4 Å². The van der Waals surface area contributed by atoms with Gasteiger partial charge in [0.25, 0.3) is 0 Å². The van der Waals surface area contributed by atoms with Crippen molar-refractivity contribution in [2.75, 3.05) is 12.4 Å². The number of anilines is 1. The number of hydrogen-bond donors (Lipinski definition) is 2. The largest absolute Gasteiger partial charge is 0.480 e. The van der Waals surface area contributed by atoms with Crippen LogP contribution < -0.4 is 5.32 Å². The summed E-state index contributed by atoms with van der Waals surface area (Å²) in [4.78, 5) is 30.1. The molecule has 0 saturated heterocycles. The Kier molecular flexibility index (Phi) is 3.85. The minimum atomic E-state index is -1.20. The number of ether oxygens (including phenoxy) is 1. The van der Waals surface area contributed by atoms with Gasteiger partial charge in [-0.1, -0.05) is 0 Å². The van der Waals surface area contributed by atoms with Gasteiger partial charge in [0.15, 0.2) is 0 Å². The minimum Gasteiger partial charge on any atom is -0.480 e. The lowest BCUT2D eigenvalue weighted by Gasteiger charge is -2.21. The Bertz CT molecular complexity index is 485. The Morgan fingerprint density at radius 1 is 1.39 bits per heavy atom. The molecule has 0 aliphatic rings. The molecular weight excluding hydrogens is 238 g/mol. The Labute approximate surface area is 104 Å². The zero-order chi connectivity index (χ0) is 13.9. The summed E-state index contributed by atoms with van der Waals surface area (Å²) in [6, 6.07) is 1.55. The third kappa shape index (κ3) is 3.16. The van der Waals surface area contributed by atoms with Gasteiger partial charge in [0, 0.05) is 11.8 Å². The molecule has 1 heterocycles. The van der Waals surface area contributed by atoms with Gasteiger partial charge in [-0.05, 0) is 20.8 Å². The fraction of sp³-hybridized carbons (Fsp3) is 0.455. The standard InChI is InChI=1S/C11H15N3O4/c1-6-5-7(14-11(2,3)10(16)17)13-8(12-6)9(15)18-4/h5H,1-4H3,(H,16,17)(H,12,13,14). The third-order valence-electron chi connectivity index (χ3n) is 2.20. The zero-order valence-corrected chi connectivity index (χ0v) is 10.6. The highest BCUT2D eigenvalue weighted by atomic mass is 16.5. The van der Waals surface area contributed by atoms with Crippen molar-refractivity contribution >= 4 is 17.8 Å². The molecule has 0 spiro atoms. The monoisotopic (exact) mass is 253 g/mol. The molecule has 0 unspecified atom stereocenters. The van der Waals surface area contributed by atoms with Crippen LogP contribution in [0.1, 0.15) is 30.2 Å². The van der Waals surface area contributed by atoms with Gasteiger partial charge in [-0.15, -0.1) is 0 Å². The van der Waals surface area contributed by atoms with Crippen LogP contribution in [0.5, 0.6) is 0 Å². The maximum atomic E-state index is 11.3. The highest BCUT2D eigenvalue weighted by Gasteiger charge is 2.27. The fourth-order valence-electron chi connectivity index (χ4n) is 1.19. The highest BCUT2D eigenvalue weighted by Crippen LogP contribution is 2.14. The first-order chi connectivity index (χ1) is 8.26. The van der Waals surface area contributed by atoms with E-state index >= 15 is 0 Å². The summed E-state index contributed by atoms with van der Waals surface area (Å²) in [6.07, 6.45) is 0. The number of nitrogens with zero attached hydrogens (tertiary/aromatic N) is 2. The Morgan fingerprint density at radius 2 is 2.00 bits per heavy atom. The lowest BCUT2D eigenvalue weighted by atomic mass is 10.1. The lowest BCUT2D eigenvalue weighted by Crippen LogP contribution is -2.40. The van der Waals surface area contributed by atoms with Crippen LogP contribution in [0, 0.1) is 6.92 Å². The van der Waals surface area contributed by atoms with Crippen LogP contribution in [-0.2, 0) is 9.53 Å². The number of carboxylic acids is 1. The number of nitrogens with one attached hydrogen (secondary N) is 1. The first-order valence-electron chi connectivity index (χ1n) is 5.22. The van der Waals surface area contributed by atoms with Crippen molar-refractivity contribution in [1.29, 1.82) is 0 Å². The number of carbonyl (C=O) groups excluding carboxylic acids is 1. The van der Waals surface area contributed by atoms with Crippen LogP contribution in [0.2, 0.25) is 0 Å². The van der Waals surface area contributed by atoms with Gasteiger partial charge in [-0.25, -0.2) is 19.6 Å². The van der Waals surface area contributed by atoms with Crippen LogP contribution in [0.15, 0.2) is 6.07 Å². The van der Waals surface area contributed by atoms with E-state index in [4.69, 9.17) is 5.11 Å². The number of rotatable bonds is 4. The topological polar surface area (TPSA) is 101 Å². The van der Waals surface area contributed by atoms with Crippen molar-refractivity contribution in [3.05, 3.63) is 17.6 Å². The second-order valence-corrected chi connectivity index (χ2v) is 4.26. The summed E-state index contributed by atoms with van der Waals surface area (Å²) in [5.74, 6) is -1.55. The molecule has 98 valence electrons. The van der Waals surface area contributed by atoms with Gasteiger partial charge in [-0.2, -0.15) is 0 Å². The summed E-state index contributed by atoms with van der Waals surface area (Å²) >= 11 is 0. The molecule has 0 saturated carbocycles. The quantitative estimate of drug-likeness (QED) is 0.767. The van der Waals surface area contributed by atoms with Crippen LogP contribution in [-0.4, -0.2) is 39.7 Å². The number of esters is 1. The average molecular weight is 253 g/mol. The molecule has 0 radical (unpaired) electrons. The summed E-state index contributed by atoms with van der Waals surface area (Å²) in [6.45, 7) is 4.66. The SMILES string of the molecule is COC(=O)c1nc(C)cc(NC(C)(C)C(=O)O)n1. The van der Waals surface area contributed by atoms with Gasteiger partial charge in [0.2, 0.25) is 5.82 Å². The van der Waals surface area contributed by atoms with E-state index in [-0.39, 0.29) is 11.6 Å². The molecular formula is C11H15N3O4. The summed E-state index contributed by atoms with van der Waals surface area (Å²) in [7, 11) is 1.22. The van der Waals surface area contributed by atoms with E-state index in [0.29, 0.717) is 5.69 Å². The van der Waals surface area contributed by atoms with Crippen molar-refractivity contribution in [2.45, 2.75) is 26.3 Å². The second-order valence-electron chi connectivity index (χ2n) is 4.26. The first kappa shape index (κ1) is 13.9. The summed E-state index contributed by atoms with van der Waals surface area (Å²) < 4.78 is 4.52. The van der Waals surface area contributed by atoms with Crippen molar-refractivity contribution in [3.8, 4) is 0 Å². The van der Waals surface area contributed by atoms with E-state index in [1.807, 2.05) is 0 Å². The van der Waals surface area contributed by atoms with Gasteiger partial charge >= 0.3 is 11.9 Å². The van der Waals surface area contributed by atoms with E-state index in [1.54, 1.807) is 13.0 Å². The van der Waals surface area contributed by atoms with Crippen molar-refractivity contribution in [3.63, 3.8) is 0 Å². The number of methoxy groups -OCH3 is 1. The molecule has 1 aromatic heterocycles. The van der Waals surface area contributed by atoms with Gasteiger partial charge in [-0.3, -0.25) is 0 Å². The molecule has 0 amide bonds. The molecule has 18 heavy (non-hydrogen) atoms. The average Bonchev–Trinajstić information content (AvgIpc) is 2.26. The second kappa shape index (κ2) is 4.99. The van der Waals surface area contributed by atoms with E-state index in [9.17, 15) is 9.59 Å². The molecule has 1 aromatic rings. The molecule has 1 rings (SSSR count). The molecule has 7 nitrogen and oxygen atoms in total. The maximum Gasteiger partial charge on any atom is 0.376 e. The number of aromatic nitrogens is 2. The third-order valence-corrected chi connectivity index (χ3v) is 2.20. The Morgan fingerprint density at radius 3 is 2.50 bits per heavy atom. The van der Waals surface area contributed by atoms with E-state index in [0.717, 1.165) is 0 Å². The highest BCUT2D eigenvalue weighted by molar-refractivity contribution is 5.86. The molecule has 0 aliphatic heterocycles. The predicted octanol–water partition coefficient (Wildman–Crippen LogP) is 0.847. The molecule has 7 heteroatoms. The van der Waals surface area contributed by atoms with E-state index in [2.05, 4.69) is 20.0 Å². The van der Waals surface area contributed by atoms with Crippen LogP contribution in [0.3, 0.4) is 0 Å². The first-order valence-corrected chi connectivity index (χ1v) is 5.22. The predicted molar refractivity (Wildman–Crippen MR) is 63.4 cm³/mol. The molecule has 0 aliphatic carbocycles. The number of hydrogen-bond acceptors (Lipinski definition) is 6. The fourth-order valence-corrected chi connectivity index (χ4v) is 1.19. The molecule has 0 atom stereocenters. The van der Waals surface area contributed by atoms with Crippen molar-refractivity contribution in [1.82, 2.24) is 9.97 Å². The number of aliphatic carboxylic acids is 1. The lowest BCUT2D eigenvalue weighted by molar-refractivity contribution is -0.141. The Hall–Kier alpha value is -2.18. The number of carboxylic acid groups (broad SMARTS) is 1. The number of carbonyl (C=O) groups is 2. The van der Waals surface area contributed by atoms with Crippen LogP contribution >= 0.6 is 0 Å². The van der Waals surface area contributed by atoms with Crippen LogP contribution in [0.25, 0.3) is 0 Å². The Balaban J connectivity index is 3.07. The van der Waals surface area contributed by atoms with Crippen molar-refractivity contribution in [2.24, 2.45) is 0 Å². The smallest absolute Gasteiger partial charge is 0.376 e. The molecule has 2 N–H and O–H groups in total. The summed E-state index contributed by atoms with van der Waals surface area (Å²) in [5, 5.41) is 11.7. The summed E-state index contributed by atoms with van der Waals surface area (Å²) in [5.41, 5.74) is -0.664. The van der Waals surface area contributed by atoms with Gasteiger partial charge in [0.05, 0.1) is 7.11 Å². The zero-order valence-electron chi connectivity index (χ0n) is 10.6. The number of aryl methyl sites for hydroxylation is 1. The van der Waals surface area contributed by atoms with Crippen molar-refractivity contribution < 1.29 is 19.4 Å². The van der Waals surface area contributed by atoms with E-state index < -0.39 is 17.5 Å². The normalized spacial score (nSPS) is 10.9. The molecule has 0 fully saturated rings. The molecule has 0 bridgehead atoms. The van der Waals surface area contributed by atoms with Crippen LogP contribution in [0.4, 0.5) is 5.82 Å².